The maximum atomic E-state index is 13.2. The fourth-order valence-electron chi connectivity index (χ4n) is 1.92. The smallest absolute Gasteiger partial charge is 0.160 e. The van der Waals surface area contributed by atoms with E-state index in [2.05, 4.69) is 0 Å². The van der Waals surface area contributed by atoms with E-state index in [0.29, 0.717) is 12.0 Å². The van der Waals surface area contributed by atoms with Gasteiger partial charge in [-0.05, 0) is 42.2 Å². The predicted molar refractivity (Wildman–Crippen MR) is 74.8 cm³/mol. The van der Waals surface area contributed by atoms with E-state index in [1.165, 1.54) is 0 Å². The molecule has 0 amide bonds. The van der Waals surface area contributed by atoms with Crippen molar-refractivity contribution >= 4 is 23.2 Å². The van der Waals surface area contributed by atoms with Crippen LogP contribution in [0.4, 0.5) is 8.78 Å². The highest BCUT2D eigenvalue weighted by atomic mass is 35.5. The molecule has 1 atom stereocenters. The van der Waals surface area contributed by atoms with Crippen molar-refractivity contribution in [1.29, 1.82) is 0 Å². The molecule has 0 bridgehead atoms. The molecule has 0 N–H and O–H groups in total. The average molecular weight is 301 g/mol. The molecule has 19 heavy (non-hydrogen) atoms. The van der Waals surface area contributed by atoms with Gasteiger partial charge in [0.2, 0.25) is 0 Å². The van der Waals surface area contributed by atoms with Crippen LogP contribution in [-0.2, 0) is 6.42 Å². The van der Waals surface area contributed by atoms with Crippen LogP contribution in [0.25, 0.3) is 0 Å². The van der Waals surface area contributed by atoms with E-state index in [1.54, 1.807) is 0 Å². The molecule has 2 aromatic carbocycles. The standard InChI is InChI=1S/C15H12Cl2F2/c1-9-4-2-3-5-10(9)6-12(16)11-7-14(18)15(19)8-13(11)17/h2-5,7-8,12H,6H2,1H3. The van der Waals surface area contributed by atoms with Gasteiger partial charge in [-0.2, -0.15) is 0 Å². The number of alkyl halides is 1. The quantitative estimate of drug-likeness (QED) is 0.522. The van der Waals surface area contributed by atoms with Gasteiger partial charge >= 0.3 is 0 Å². The molecule has 0 aliphatic heterocycles. The first-order valence-electron chi connectivity index (χ1n) is 5.82. The highest BCUT2D eigenvalue weighted by Gasteiger charge is 2.17. The molecule has 0 nitrogen and oxygen atoms in total. The minimum Gasteiger partial charge on any atom is -0.204 e. The summed E-state index contributed by atoms with van der Waals surface area (Å²) >= 11 is 12.2. The molecule has 0 saturated heterocycles. The lowest BCUT2D eigenvalue weighted by molar-refractivity contribution is 0.507. The van der Waals surface area contributed by atoms with Crippen LogP contribution < -0.4 is 0 Å². The van der Waals surface area contributed by atoms with E-state index < -0.39 is 17.0 Å². The van der Waals surface area contributed by atoms with Crippen LogP contribution in [0.15, 0.2) is 36.4 Å². The Bertz CT molecular complexity index is 597. The molecule has 0 aromatic heterocycles. The van der Waals surface area contributed by atoms with Crippen molar-refractivity contribution in [3.05, 3.63) is 69.7 Å². The Morgan fingerprint density at radius 3 is 2.42 bits per heavy atom. The van der Waals surface area contributed by atoms with Gasteiger partial charge in [-0.3, -0.25) is 0 Å². The van der Waals surface area contributed by atoms with Gasteiger partial charge in [0.05, 0.1) is 5.38 Å². The van der Waals surface area contributed by atoms with Crippen molar-refractivity contribution < 1.29 is 8.78 Å². The van der Waals surface area contributed by atoms with E-state index in [9.17, 15) is 8.78 Å². The van der Waals surface area contributed by atoms with Crippen LogP contribution in [0.2, 0.25) is 5.02 Å². The van der Waals surface area contributed by atoms with E-state index in [0.717, 1.165) is 23.3 Å². The van der Waals surface area contributed by atoms with Gasteiger partial charge in [0.25, 0.3) is 0 Å². The van der Waals surface area contributed by atoms with Crippen molar-refractivity contribution in [3.63, 3.8) is 0 Å². The summed E-state index contributed by atoms with van der Waals surface area (Å²) in [7, 11) is 0. The molecule has 2 rings (SSSR count). The first kappa shape index (κ1) is 14.3. The van der Waals surface area contributed by atoms with E-state index >= 15 is 0 Å². The van der Waals surface area contributed by atoms with E-state index in [1.807, 2.05) is 31.2 Å². The van der Waals surface area contributed by atoms with Crippen LogP contribution in [0, 0.1) is 18.6 Å². The van der Waals surface area contributed by atoms with Crippen LogP contribution in [0.3, 0.4) is 0 Å². The minimum absolute atomic E-state index is 0.146. The number of hydrogen-bond acceptors (Lipinski definition) is 0. The molecule has 0 fully saturated rings. The van der Waals surface area contributed by atoms with Gasteiger partial charge in [0.15, 0.2) is 11.6 Å². The number of aryl methyl sites for hydroxylation is 1. The minimum atomic E-state index is -0.964. The highest BCUT2D eigenvalue weighted by Crippen LogP contribution is 2.32. The Hall–Kier alpha value is -1.12. The van der Waals surface area contributed by atoms with Crippen molar-refractivity contribution in [2.24, 2.45) is 0 Å². The molecular weight excluding hydrogens is 289 g/mol. The van der Waals surface area contributed by atoms with Crippen LogP contribution in [0.1, 0.15) is 22.1 Å². The molecule has 100 valence electrons. The Morgan fingerprint density at radius 1 is 1.11 bits per heavy atom. The molecule has 0 spiro atoms. The second-order valence-electron chi connectivity index (χ2n) is 4.39. The summed E-state index contributed by atoms with van der Waals surface area (Å²) in [6, 6.07) is 9.81. The summed E-state index contributed by atoms with van der Waals surface area (Å²) in [6.45, 7) is 1.98. The normalized spacial score (nSPS) is 12.5. The van der Waals surface area contributed by atoms with Crippen LogP contribution in [-0.4, -0.2) is 0 Å². The van der Waals surface area contributed by atoms with Gasteiger partial charge < -0.3 is 0 Å². The number of halogens is 4. The van der Waals surface area contributed by atoms with Gasteiger partial charge in [-0.25, -0.2) is 8.78 Å². The van der Waals surface area contributed by atoms with Gasteiger partial charge in [0.1, 0.15) is 0 Å². The van der Waals surface area contributed by atoms with Crippen LogP contribution in [0.5, 0.6) is 0 Å². The van der Waals surface area contributed by atoms with E-state index in [-0.39, 0.29) is 5.02 Å². The van der Waals surface area contributed by atoms with Gasteiger partial charge in [-0.1, -0.05) is 35.9 Å². The van der Waals surface area contributed by atoms with Gasteiger partial charge in [-0.15, -0.1) is 11.6 Å². The maximum absolute atomic E-state index is 13.2. The lowest BCUT2D eigenvalue weighted by Crippen LogP contribution is -2.00. The lowest BCUT2D eigenvalue weighted by atomic mass is 10.00. The zero-order valence-electron chi connectivity index (χ0n) is 10.3. The van der Waals surface area contributed by atoms with E-state index in [4.69, 9.17) is 23.2 Å². The average Bonchev–Trinajstić information content (AvgIpc) is 2.36. The molecule has 0 radical (unpaired) electrons. The zero-order chi connectivity index (χ0) is 14.0. The summed E-state index contributed by atoms with van der Waals surface area (Å²) < 4.78 is 26.3. The third-order valence-corrected chi connectivity index (χ3v) is 3.75. The molecule has 0 aliphatic carbocycles. The Balaban J connectivity index is 2.28. The molecule has 2 aromatic rings. The number of rotatable bonds is 3. The molecule has 0 saturated carbocycles. The molecule has 0 heterocycles. The Kier molecular flexibility index (Phi) is 4.43. The maximum Gasteiger partial charge on any atom is 0.160 e. The third-order valence-electron chi connectivity index (χ3n) is 3.04. The fourth-order valence-corrected chi connectivity index (χ4v) is 2.60. The lowest BCUT2D eigenvalue weighted by Gasteiger charge is -2.14. The Labute approximate surface area is 121 Å². The first-order chi connectivity index (χ1) is 8.99. The Morgan fingerprint density at radius 2 is 1.74 bits per heavy atom. The second kappa shape index (κ2) is 5.89. The molecular formula is C15H12Cl2F2. The fraction of sp³-hybridized carbons (Fsp3) is 0.200. The summed E-state index contributed by atoms with van der Waals surface area (Å²) in [4.78, 5) is 0. The van der Waals surface area contributed by atoms with Crippen molar-refractivity contribution in [1.82, 2.24) is 0 Å². The highest BCUT2D eigenvalue weighted by molar-refractivity contribution is 6.32. The third kappa shape index (κ3) is 3.26. The predicted octanol–water partition coefficient (Wildman–Crippen LogP) is 5.45. The summed E-state index contributed by atoms with van der Waals surface area (Å²) in [5, 5.41) is -0.351. The van der Waals surface area contributed by atoms with Crippen molar-refractivity contribution in [2.75, 3.05) is 0 Å². The van der Waals surface area contributed by atoms with Crippen LogP contribution >= 0.6 is 23.2 Å². The molecule has 4 heteroatoms. The number of benzene rings is 2. The summed E-state index contributed by atoms with van der Waals surface area (Å²) in [6.07, 6.45) is 0.513. The molecule has 0 aliphatic rings. The molecule has 1 unspecified atom stereocenters. The largest absolute Gasteiger partial charge is 0.204 e. The first-order valence-corrected chi connectivity index (χ1v) is 6.63. The van der Waals surface area contributed by atoms with Crippen molar-refractivity contribution in [3.8, 4) is 0 Å². The summed E-state index contributed by atoms with van der Waals surface area (Å²) in [5.74, 6) is -1.90. The topological polar surface area (TPSA) is 0 Å². The van der Waals surface area contributed by atoms with Crippen molar-refractivity contribution in [2.45, 2.75) is 18.7 Å². The zero-order valence-corrected chi connectivity index (χ0v) is 11.8. The number of hydrogen-bond donors (Lipinski definition) is 0. The summed E-state index contributed by atoms with van der Waals surface area (Å²) in [5.41, 5.74) is 2.57. The van der Waals surface area contributed by atoms with Gasteiger partial charge in [0, 0.05) is 5.02 Å². The monoisotopic (exact) mass is 300 g/mol. The second-order valence-corrected chi connectivity index (χ2v) is 5.32. The SMILES string of the molecule is Cc1ccccc1CC(Cl)c1cc(F)c(F)cc1Cl.